The van der Waals surface area contributed by atoms with Gasteiger partial charge in [0.05, 0.1) is 10.6 Å². The number of carbonyl (C=O) groups is 1. The van der Waals surface area contributed by atoms with Crippen LogP contribution in [0, 0.1) is 10.1 Å². The second-order valence-electron chi connectivity index (χ2n) is 4.54. The largest absolute Gasteiger partial charge is 0.393 e. The molecule has 116 valence electrons. The van der Waals surface area contributed by atoms with E-state index in [0.29, 0.717) is 28.7 Å². The van der Waals surface area contributed by atoms with Gasteiger partial charge in [-0.25, -0.2) is 4.98 Å². The Hall–Kier alpha value is -2.48. The standard InChI is InChI=1S/C14H16N4O3S/c1-3-10-13(22-14(17-10)16-4-2)12(19)8-5-6-9(15)11(7-8)18(20)21/h5-7H,3-4,15H2,1-2H3,(H,16,17). The fourth-order valence-corrected chi connectivity index (χ4v) is 3.05. The first-order valence-corrected chi connectivity index (χ1v) is 7.61. The van der Waals surface area contributed by atoms with Crippen LogP contribution >= 0.6 is 11.3 Å². The zero-order valence-corrected chi connectivity index (χ0v) is 13.1. The van der Waals surface area contributed by atoms with E-state index in [9.17, 15) is 14.9 Å². The number of carbonyl (C=O) groups excluding carboxylic acids is 1. The highest BCUT2D eigenvalue weighted by atomic mass is 32.1. The molecule has 1 heterocycles. The van der Waals surface area contributed by atoms with Crippen molar-refractivity contribution >= 4 is 33.6 Å². The van der Waals surface area contributed by atoms with Crippen LogP contribution in [0.3, 0.4) is 0 Å². The van der Waals surface area contributed by atoms with Crippen molar-refractivity contribution in [1.82, 2.24) is 4.98 Å². The fourth-order valence-electron chi connectivity index (χ4n) is 1.97. The van der Waals surface area contributed by atoms with Gasteiger partial charge in [0.2, 0.25) is 5.78 Å². The molecule has 0 aliphatic heterocycles. The molecule has 8 heteroatoms. The number of hydrogen-bond acceptors (Lipinski definition) is 7. The molecule has 0 bridgehead atoms. The van der Waals surface area contributed by atoms with Crippen molar-refractivity contribution < 1.29 is 9.72 Å². The van der Waals surface area contributed by atoms with Crippen LogP contribution in [-0.2, 0) is 6.42 Å². The summed E-state index contributed by atoms with van der Waals surface area (Å²) in [7, 11) is 0. The van der Waals surface area contributed by atoms with Crippen molar-refractivity contribution in [3.05, 3.63) is 44.4 Å². The van der Waals surface area contributed by atoms with Gasteiger partial charge in [-0.15, -0.1) is 0 Å². The van der Waals surface area contributed by atoms with E-state index in [0.717, 1.165) is 0 Å². The smallest absolute Gasteiger partial charge is 0.292 e. The Morgan fingerprint density at radius 1 is 1.45 bits per heavy atom. The van der Waals surface area contributed by atoms with Gasteiger partial charge in [0, 0.05) is 18.2 Å². The molecule has 22 heavy (non-hydrogen) atoms. The SMILES string of the molecule is CCNc1nc(CC)c(C(=O)c2ccc(N)c([N+](=O)[O-])c2)s1. The van der Waals surface area contributed by atoms with Crippen molar-refractivity contribution in [2.24, 2.45) is 0 Å². The fraction of sp³-hybridized carbons (Fsp3) is 0.286. The van der Waals surface area contributed by atoms with Gasteiger partial charge in [-0.3, -0.25) is 14.9 Å². The van der Waals surface area contributed by atoms with E-state index in [1.807, 2.05) is 13.8 Å². The number of thiazole rings is 1. The molecule has 2 rings (SSSR count). The summed E-state index contributed by atoms with van der Waals surface area (Å²) >= 11 is 1.26. The van der Waals surface area contributed by atoms with E-state index in [1.54, 1.807) is 0 Å². The molecule has 3 N–H and O–H groups in total. The number of nitrogens with one attached hydrogen (secondary N) is 1. The van der Waals surface area contributed by atoms with E-state index in [-0.39, 0.29) is 22.7 Å². The molecule has 0 saturated heterocycles. The van der Waals surface area contributed by atoms with Crippen LogP contribution in [0.1, 0.15) is 34.8 Å². The topological polar surface area (TPSA) is 111 Å². The molecule has 7 nitrogen and oxygen atoms in total. The summed E-state index contributed by atoms with van der Waals surface area (Å²) in [6, 6.07) is 4.09. The number of ketones is 1. The van der Waals surface area contributed by atoms with Gasteiger partial charge in [0.1, 0.15) is 10.6 Å². The highest BCUT2D eigenvalue weighted by Gasteiger charge is 2.21. The molecule has 1 aromatic heterocycles. The lowest BCUT2D eigenvalue weighted by atomic mass is 10.1. The predicted molar refractivity (Wildman–Crippen MR) is 86.6 cm³/mol. The van der Waals surface area contributed by atoms with Crippen LogP contribution in [0.25, 0.3) is 0 Å². The number of hydrogen-bond donors (Lipinski definition) is 2. The molecule has 2 aromatic rings. The molecular formula is C14H16N4O3S. The quantitative estimate of drug-likeness (QED) is 0.366. The van der Waals surface area contributed by atoms with E-state index in [1.165, 1.54) is 29.5 Å². The Morgan fingerprint density at radius 2 is 2.18 bits per heavy atom. The van der Waals surface area contributed by atoms with Crippen LogP contribution in [-0.4, -0.2) is 22.2 Å². The van der Waals surface area contributed by atoms with Crippen molar-refractivity contribution in [2.45, 2.75) is 20.3 Å². The van der Waals surface area contributed by atoms with Gasteiger partial charge in [-0.1, -0.05) is 18.3 Å². The van der Waals surface area contributed by atoms with Crippen molar-refractivity contribution in [3.8, 4) is 0 Å². The van der Waals surface area contributed by atoms with Gasteiger partial charge >= 0.3 is 0 Å². The average Bonchev–Trinajstić information content (AvgIpc) is 2.90. The number of anilines is 2. The molecule has 0 fully saturated rings. The van der Waals surface area contributed by atoms with Gasteiger partial charge in [-0.2, -0.15) is 0 Å². The highest BCUT2D eigenvalue weighted by molar-refractivity contribution is 7.17. The van der Waals surface area contributed by atoms with Gasteiger partial charge in [0.15, 0.2) is 5.13 Å². The third-order valence-corrected chi connectivity index (χ3v) is 4.11. The van der Waals surface area contributed by atoms with Gasteiger partial charge in [-0.05, 0) is 25.5 Å². The number of nitrogen functional groups attached to an aromatic ring is 1. The van der Waals surface area contributed by atoms with Crippen LogP contribution < -0.4 is 11.1 Å². The third kappa shape index (κ3) is 3.06. The number of nitro benzene ring substituents is 1. The second kappa shape index (κ2) is 6.52. The Morgan fingerprint density at radius 3 is 2.77 bits per heavy atom. The number of rotatable bonds is 6. The first-order chi connectivity index (χ1) is 10.5. The lowest BCUT2D eigenvalue weighted by Crippen LogP contribution is -2.04. The van der Waals surface area contributed by atoms with Crippen molar-refractivity contribution in [1.29, 1.82) is 0 Å². The van der Waals surface area contributed by atoms with E-state index < -0.39 is 4.92 Å². The summed E-state index contributed by atoms with van der Waals surface area (Å²) in [4.78, 5) is 27.8. The monoisotopic (exact) mass is 320 g/mol. The van der Waals surface area contributed by atoms with E-state index >= 15 is 0 Å². The predicted octanol–water partition coefficient (Wildman–Crippen LogP) is 2.86. The second-order valence-corrected chi connectivity index (χ2v) is 5.54. The minimum absolute atomic E-state index is 0.0370. The molecular weight excluding hydrogens is 304 g/mol. The number of aryl methyl sites for hydroxylation is 1. The highest BCUT2D eigenvalue weighted by Crippen LogP contribution is 2.29. The Balaban J connectivity index is 2.43. The van der Waals surface area contributed by atoms with Crippen LogP contribution in [0.15, 0.2) is 18.2 Å². The summed E-state index contributed by atoms with van der Waals surface area (Å²) in [6.07, 6.45) is 0.611. The molecule has 0 amide bonds. The maximum Gasteiger partial charge on any atom is 0.292 e. The first-order valence-electron chi connectivity index (χ1n) is 6.80. The minimum Gasteiger partial charge on any atom is -0.393 e. The summed E-state index contributed by atoms with van der Waals surface area (Å²) in [5.74, 6) is -0.276. The molecule has 0 saturated carbocycles. The van der Waals surface area contributed by atoms with Crippen LogP contribution in [0.2, 0.25) is 0 Å². The zero-order chi connectivity index (χ0) is 16.3. The zero-order valence-electron chi connectivity index (χ0n) is 12.3. The number of nitrogens with two attached hydrogens (primary N) is 1. The average molecular weight is 320 g/mol. The third-order valence-electron chi connectivity index (χ3n) is 3.06. The lowest BCUT2D eigenvalue weighted by molar-refractivity contribution is -0.383. The van der Waals surface area contributed by atoms with Gasteiger partial charge < -0.3 is 11.1 Å². The van der Waals surface area contributed by atoms with Gasteiger partial charge in [0.25, 0.3) is 5.69 Å². The number of aromatic nitrogens is 1. The Kier molecular flexibility index (Phi) is 4.71. The maximum atomic E-state index is 12.6. The first kappa shape index (κ1) is 15.9. The Labute approximate surface area is 131 Å². The Bertz CT molecular complexity index is 727. The summed E-state index contributed by atoms with van der Waals surface area (Å²) < 4.78 is 0. The maximum absolute atomic E-state index is 12.6. The summed E-state index contributed by atoms with van der Waals surface area (Å²) in [6.45, 7) is 4.56. The lowest BCUT2D eigenvalue weighted by Gasteiger charge is -2.02. The molecule has 1 aromatic carbocycles. The molecule has 0 spiro atoms. The molecule has 0 aliphatic carbocycles. The van der Waals surface area contributed by atoms with Crippen LogP contribution in [0.5, 0.6) is 0 Å². The number of nitro groups is 1. The van der Waals surface area contributed by atoms with E-state index in [4.69, 9.17) is 5.73 Å². The molecule has 0 atom stereocenters. The number of benzene rings is 1. The van der Waals surface area contributed by atoms with Crippen LogP contribution in [0.4, 0.5) is 16.5 Å². The minimum atomic E-state index is -0.594. The summed E-state index contributed by atoms with van der Waals surface area (Å²) in [5.41, 5.74) is 6.25. The van der Waals surface area contributed by atoms with E-state index in [2.05, 4.69) is 10.3 Å². The molecule has 0 radical (unpaired) electrons. The molecule has 0 unspecified atom stereocenters. The normalized spacial score (nSPS) is 10.5. The summed E-state index contributed by atoms with van der Waals surface area (Å²) in [5, 5.41) is 14.7. The molecule has 0 aliphatic rings. The van der Waals surface area contributed by atoms with Crippen molar-refractivity contribution in [3.63, 3.8) is 0 Å². The number of nitrogens with zero attached hydrogens (tertiary/aromatic N) is 2. The van der Waals surface area contributed by atoms with Crippen molar-refractivity contribution in [2.75, 3.05) is 17.6 Å².